The summed E-state index contributed by atoms with van der Waals surface area (Å²) >= 11 is 6.11. The average Bonchev–Trinajstić information content (AvgIpc) is 2.47. The molecule has 0 saturated carbocycles. The van der Waals surface area contributed by atoms with Crippen molar-refractivity contribution >= 4 is 17.5 Å². The van der Waals surface area contributed by atoms with Crippen LogP contribution in [0.3, 0.4) is 0 Å². The van der Waals surface area contributed by atoms with Crippen LogP contribution < -0.4 is 10.6 Å². The van der Waals surface area contributed by atoms with Gasteiger partial charge in [0, 0.05) is 17.0 Å². The van der Waals surface area contributed by atoms with Crippen molar-refractivity contribution in [3.63, 3.8) is 0 Å². The van der Waals surface area contributed by atoms with E-state index >= 15 is 0 Å². The summed E-state index contributed by atoms with van der Waals surface area (Å²) in [6.07, 6.45) is 2.26. The van der Waals surface area contributed by atoms with E-state index in [-0.39, 0.29) is 11.3 Å². The van der Waals surface area contributed by atoms with Gasteiger partial charge in [-0.2, -0.15) is 0 Å². The fourth-order valence-electron chi connectivity index (χ4n) is 2.70. The Bertz CT molecular complexity index is 467. The van der Waals surface area contributed by atoms with E-state index in [1.54, 1.807) is 0 Å². The number of amides is 1. The van der Waals surface area contributed by atoms with Crippen molar-refractivity contribution in [2.24, 2.45) is 11.3 Å². The van der Waals surface area contributed by atoms with Gasteiger partial charge in [-0.05, 0) is 43.5 Å². The summed E-state index contributed by atoms with van der Waals surface area (Å²) in [7, 11) is 0. The van der Waals surface area contributed by atoms with Gasteiger partial charge in [0.1, 0.15) is 0 Å². The molecule has 0 aliphatic carbocycles. The number of benzene rings is 1. The van der Waals surface area contributed by atoms with Gasteiger partial charge in [-0.25, -0.2) is 0 Å². The van der Waals surface area contributed by atoms with Gasteiger partial charge >= 0.3 is 0 Å². The molecule has 1 atom stereocenters. The van der Waals surface area contributed by atoms with E-state index in [1.165, 1.54) is 0 Å². The predicted octanol–water partition coefficient (Wildman–Crippen LogP) is 2.98. The molecule has 0 bridgehead atoms. The van der Waals surface area contributed by atoms with Crippen LogP contribution in [0.25, 0.3) is 0 Å². The molecule has 0 aromatic heterocycles. The molecule has 20 heavy (non-hydrogen) atoms. The van der Waals surface area contributed by atoms with Crippen LogP contribution >= 0.6 is 11.6 Å². The zero-order valence-electron chi connectivity index (χ0n) is 12.2. The van der Waals surface area contributed by atoms with Gasteiger partial charge in [0.2, 0.25) is 5.91 Å². The third-order valence-electron chi connectivity index (χ3n) is 4.30. The standard InChI is InChI=1S/C16H23ClN2O/c1-16(2,13-7-5-9-18-11-13)15(20)19-10-12-6-3-4-8-14(12)17/h3-4,6,8,13,18H,5,7,9-11H2,1-2H3,(H,19,20). The molecule has 1 aliphatic rings. The lowest BCUT2D eigenvalue weighted by Crippen LogP contribution is -2.47. The summed E-state index contributed by atoms with van der Waals surface area (Å²) in [5.41, 5.74) is 0.606. The first-order valence-electron chi connectivity index (χ1n) is 7.24. The van der Waals surface area contributed by atoms with E-state index in [0.29, 0.717) is 17.5 Å². The van der Waals surface area contributed by atoms with Crippen molar-refractivity contribution in [1.82, 2.24) is 10.6 Å². The Balaban J connectivity index is 1.95. The minimum atomic E-state index is -0.353. The largest absolute Gasteiger partial charge is 0.351 e. The number of carbonyl (C=O) groups excluding carboxylic acids is 1. The van der Waals surface area contributed by atoms with E-state index in [1.807, 2.05) is 38.1 Å². The number of halogens is 1. The van der Waals surface area contributed by atoms with Gasteiger partial charge in [0.15, 0.2) is 0 Å². The number of nitrogens with one attached hydrogen (secondary N) is 2. The molecule has 1 fully saturated rings. The molecule has 1 unspecified atom stereocenters. The highest BCUT2D eigenvalue weighted by molar-refractivity contribution is 6.31. The SMILES string of the molecule is CC(C)(C(=O)NCc1ccccc1Cl)C1CCCNC1. The Morgan fingerprint density at radius 1 is 1.45 bits per heavy atom. The van der Waals surface area contributed by atoms with Crippen LogP contribution in [-0.2, 0) is 11.3 Å². The van der Waals surface area contributed by atoms with E-state index in [2.05, 4.69) is 10.6 Å². The summed E-state index contributed by atoms with van der Waals surface area (Å²) < 4.78 is 0. The average molecular weight is 295 g/mol. The lowest BCUT2D eigenvalue weighted by atomic mass is 9.74. The Kier molecular flexibility index (Phi) is 5.06. The molecule has 1 aromatic carbocycles. The predicted molar refractivity (Wildman–Crippen MR) is 82.7 cm³/mol. The molecule has 1 aromatic rings. The number of carbonyl (C=O) groups is 1. The topological polar surface area (TPSA) is 41.1 Å². The molecule has 1 aliphatic heterocycles. The lowest BCUT2D eigenvalue weighted by Gasteiger charge is -2.36. The van der Waals surface area contributed by atoms with E-state index < -0.39 is 0 Å². The van der Waals surface area contributed by atoms with Crippen molar-refractivity contribution in [1.29, 1.82) is 0 Å². The van der Waals surface area contributed by atoms with Crippen molar-refractivity contribution in [3.05, 3.63) is 34.9 Å². The summed E-state index contributed by atoms with van der Waals surface area (Å²) in [6.45, 7) is 6.54. The molecular formula is C16H23ClN2O. The number of piperidine rings is 1. The minimum absolute atomic E-state index is 0.103. The summed E-state index contributed by atoms with van der Waals surface area (Å²) in [5.74, 6) is 0.494. The fourth-order valence-corrected chi connectivity index (χ4v) is 2.90. The summed E-state index contributed by atoms with van der Waals surface area (Å²) in [6, 6.07) is 7.62. The molecule has 2 N–H and O–H groups in total. The van der Waals surface area contributed by atoms with Gasteiger partial charge in [0.05, 0.1) is 0 Å². The highest BCUT2D eigenvalue weighted by Crippen LogP contribution is 2.32. The lowest BCUT2D eigenvalue weighted by molar-refractivity contribution is -0.132. The minimum Gasteiger partial charge on any atom is -0.351 e. The van der Waals surface area contributed by atoms with Gasteiger partial charge in [-0.15, -0.1) is 0 Å². The van der Waals surface area contributed by atoms with E-state index in [0.717, 1.165) is 31.5 Å². The van der Waals surface area contributed by atoms with Crippen molar-refractivity contribution in [2.75, 3.05) is 13.1 Å². The van der Waals surface area contributed by atoms with E-state index in [4.69, 9.17) is 11.6 Å². The van der Waals surface area contributed by atoms with Gasteiger partial charge in [-0.3, -0.25) is 4.79 Å². The second kappa shape index (κ2) is 6.59. The molecular weight excluding hydrogens is 272 g/mol. The molecule has 1 amide bonds. The van der Waals surface area contributed by atoms with Gasteiger partial charge in [-0.1, -0.05) is 43.6 Å². The van der Waals surface area contributed by atoms with Crippen LogP contribution in [0.5, 0.6) is 0 Å². The Morgan fingerprint density at radius 2 is 2.20 bits per heavy atom. The van der Waals surface area contributed by atoms with Crippen LogP contribution in [0.15, 0.2) is 24.3 Å². The maximum Gasteiger partial charge on any atom is 0.226 e. The van der Waals surface area contributed by atoms with Crippen molar-refractivity contribution in [2.45, 2.75) is 33.2 Å². The molecule has 0 radical (unpaired) electrons. The maximum atomic E-state index is 12.5. The van der Waals surface area contributed by atoms with Crippen LogP contribution in [0.1, 0.15) is 32.3 Å². The molecule has 4 heteroatoms. The highest BCUT2D eigenvalue weighted by atomic mass is 35.5. The van der Waals surface area contributed by atoms with E-state index in [9.17, 15) is 4.79 Å². The van der Waals surface area contributed by atoms with Crippen molar-refractivity contribution < 1.29 is 4.79 Å². The first kappa shape index (κ1) is 15.3. The number of hydrogen-bond acceptors (Lipinski definition) is 2. The third kappa shape index (κ3) is 3.53. The quantitative estimate of drug-likeness (QED) is 0.896. The molecule has 0 spiro atoms. The monoisotopic (exact) mass is 294 g/mol. The zero-order valence-corrected chi connectivity index (χ0v) is 13.0. The zero-order chi connectivity index (χ0) is 14.6. The first-order chi connectivity index (χ1) is 9.51. The number of hydrogen-bond donors (Lipinski definition) is 2. The highest BCUT2D eigenvalue weighted by Gasteiger charge is 2.37. The second-order valence-corrected chi connectivity index (χ2v) is 6.45. The Morgan fingerprint density at radius 3 is 2.85 bits per heavy atom. The molecule has 2 rings (SSSR count). The molecule has 3 nitrogen and oxygen atoms in total. The Hall–Kier alpha value is -1.06. The van der Waals surface area contributed by atoms with Gasteiger partial charge in [0.25, 0.3) is 0 Å². The van der Waals surface area contributed by atoms with Crippen LogP contribution in [-0.4, -0.2) is 19.0 Å². The first-order valence-corrected chi connectivity index (χ1v) is 7.62. The third-order valence-corrected chi connectivity index (χ3v) is 4.67. The molecule has 1 heterocycles. The van der Waals surface area contributed by atoms with Crippen LogP contribution in [0.2, 0.25) is 5.02 Å². The second-order valence-electron chi connectivity index (χ2n) is 6.04. The number of rotatable bonds is 4. The van der Waals surface area contributed by atoms with Crippen LogP contribution in [0.4, 0.5) is 0 Å². The fraction of sp³-hybridized carbons (Fsp3) is 0.562. The van der Waals surface area contributed by atoms with Gasteiger partial charge < -0.3 is 10.6 Å². The molecule has 110 valence electrons. The summed E-state index contributed by atoms with van der Waals surface area (Å²) in [4.78, 5) is 12.5. The van der Waals surface area contributed by atoms with Crippen molar-refractivity contribution in [3.8, 4) is 0 Å². The maximum absolute atomic E-state index is 12.5. The molecule has 1 saturated heterocycles. The Labute approximate surface area is 126 Å². The summed E-state index contributed by atoms with van der Waals surface area (Å²) in [5, 5.41) is 7.10. The normalized spacial score (nSPS) is 19.6. The smallest absolute Gasteiger partial charge is 0.226 e. The van der Waals surface area contributed by atoms with Crippen LogP contribution in [0, 0.1) is 11.3 Å².